The lowest BCUT2D eigenvalue weighted by Gasteiger charge is -2.40. The van der Waals surface area contributed by atoms with Crippen molar-refractivity contribution < 1.29 is 9.21 Å². The van der Waals surface area contributed by atoms with Crippen LogP contribution in [0.2, 0.25) is 0 Å². The molecule has 1 atom stereocenters. The monoisotopic (exact) mass is 338 g/mol. The molecule has 1 amide bonds. The maximum absolute atomic E-state index is 12.4. The summed E-state index contributed by atoms with van der Waals surface area (Å²) in [5, 5.41) is 3.91. The van der Waals surface area contributed by atoms with E-state index in [0.717, 1.165) is 31.8 Å². The SMILES string of the molecule is O=C(c1ccoc1)N1CCC(N[C@H](c2ccccc2)C2CCC2)CC1. The van der Waals surface area contributed by atoms with Crippen molar-refractivity contribution in [2.45, 2.75) is 44.2 Å². The maximum Gasteiger partial charge on any atom is 0.257 e. The van der Waals surface area contributed by atoms with Crippen molar-refractivity contribution in [1.82, 2.24) is 10.2 Å². The minimum absolute atomic E-state index is 0.0887. The second kappa shape index (κ2) is 7.44. The summed E-state index contributed by atoms with van der Waals surface area (Å²) in [6, 6.07) is 13.5. The van der Waals surface area contributed by atoms with Gasteiger partial charge in [-0.15, -0.1) is 0 Å². The molecule has 0 bridgehead atoms. The first-order valence-electron chi connectivity index (χ1n) is 9.44. The van der Waals surface area contributed by atoms with Crippen molar-refractivity contribution in [2.24, 2.45) is 5.92 Å². The van der Waals surface area contributed by atoms with Crippen LogP contribution >= 0.6 is 0 Å². The second-order valence-electron chi connectivity index (χ2n) is 7.32. The zero-order valence-corrected chi connectivity index (χ0v) is 14.6. The van der Waals surface area contributed by atoms with Gasteiger partial charge < -0.3 is 14.6 Å². The molecule has 1 aliphatic carbocycles. The lowest BCUT2D eigenvalue weighted by atomic mass is 9.76. The number of benzene rings is 1. The Morgan fingerprint density at radius 2 is 1.84 bits per heavy atom. The van der Waals surface area contributed by atoms with Crippen LogP contribution in [0.5, 0.6) is 0 Å². The van der Waals surface area contributed by atoms with Crippen LogP contribution in [0.1, 0.15) is 54.1 Å². The number of likely N-dealkylation sites (tertiary alicyclic amines) is 1. The van der Waals surface area contributed by atoms with Crippen molar-refractivity contribution >= 4 is 5.91 Å². The van der Waals surface area contributed by atoms with E-state index in [2.05, 4.69) is 35.6 Å². The lowest BCUT2D eigenvalue weighted by Crippen LogP contribution is -2.47. The van der Waals surface area contributed by atoms with Crippen molar-refractivity contribution in [3.05, 3.63) is 60.1 Å². The van der Waals surface area contributed by atoms with E-state index in [1.54, 1.807) is 12.3 Å². The number of carbonyl (C=O) groups is 1. The molecule has 2 aromatic rings. The zero-order chi connectivity index (χ0) is 17.1. The minimum atomic E-state index is 0.0887. The normalized spacial score (nSPS) is 20.2. The fourth-order valence-corrected chi connectivity index (χ4v) is 4.01. The Kier molecular flexibility index (Phi) is 4.88. The van der Waals surface area contributed by atoms with Crippen LogP contribution in [-0.2, 0) is 0 Å². The smallest absolute Gasteiger partial charge is 0.257 e. The summed E-state index contributed by atoms with van der Waals surface area (Å²) in [6.45, 7) is 1.63. The molecule has 25 heavy (non-hydrogen) atoms. The molecule has 0 unspecified atom stereocenters. The Labute approximate surface area is 149 Å². The minimum Gasteiger partial charge on any atom is -0.472 e. The van der Waals surface area contributed by atoms with Gasteiger partial charge in [-0.1, -0.05) is 36.8 Å². The Bertz CT molecular complexity index is 671. The van der Waals surface area contributed by atoms with Gasteiger partial charge in [0.05, 0.1) is 11.8 Å². The Morgan fingerprint density at radius 3 is 2.44 bits per heavy atom. The summed E-state index contributed by atoms with van der Waals surface area (Å²) in [4.78, 5) is 14.4. The molecule has 2 heterocycles. The Hall–Kier alpha value is -2.07. The molecule has 1 aromatic heterocycles. The van der Waals surface area contributed by atoms with Gasteiger partial charge in [-0.05, 0) is 43.2 Å². The van der Waals surface area contributed by atoms with Gasteiger partial charge in [0.1, 0.15) is 6.26 Å². The van der Waals surface area contributed by atoms with Crippen LogP contribution < -0.4 is 5.32 Å². The number of hydrogen-bond acceptors (Lipinski definition) is 3. The van der Waals surface area contributed by atoms with E-state index in [0.29, 0.717) is 17.6 Å². The number of hydrogen-bond donors (Lipinski definition) is 1. The summed E-state index contributed by atoms with van der Waals surface area (Å²) < 4.78 is 5.03. The van der Waals surface area contributed by atoms with E-state index in [1.807, 2.05) is 4.90 Å². The maximum atomic E-state index is 12.4. The molecule has 2 fully saturated rings. The molecule has 1 saturated carbocycles. The van der Waals surface area contributed by atoms with E-state index < -0.39 is 0 Å². The summed E-state index contributed by atoms with van der Waals surface area (Å²) in [6.07, 6.45) is 9.13. The molecule has 4 heteroatoms. The fourth-order valence-electron chi connectivity index (χ4n) is 4.01. The molecular weight excluding hydrogens is 312 g/mol. The highest BCUT2D eigenvalue weighted by atomic mass is 16.3. The molecule has 4 rings (SSSR count). The zero-order valence-electron chi connectivity index (χ0n) is 14.6. The molecule has 1 N–H and O–H groups in total. The quantitative estimate of drug-likeness (QED) is 0.896. The van der Waals surface area contributed by atoms with Crippen molar-refractivity contribution in [3.8, 4) is 0 Å². The third-order valence-electron chi connectivity index (χ3n) is 5.75. The number of amides is 1. The van der Waals surface area contributed by atoms with Crippen LogP contribution in [0, 0.1) is 5.92 Å². The number of nitrogens with zero attached hydrogens (tertiary/aromatic N) is 1. The Morgan fingerprint density at radius 1 is 1.08 bits per heavy atom. The predicted molar refractivity (Wildman–Crippen MR) is 97.3 cm³/mol. The van der Waals surface area contributed by atoms with Gasteiger partial charge in [-0.2, -0.15) is 0 Å². The van der Waals surface area contributed by atoms with Crippen molar-refractivity contribution in [1.29, 1.82) is 0 Å². The first-order chi connectivity index (χ1) is 12.3. The van der Waals surface area contributed by atoms with Crippen LogP contribution in [-0.4, -0.2) is 29.9 Å². The average molecular weight is 338 g/mol. The second-order valence-corrected chi connectivity index (χ2v) is 7.32. The standard InChI is InChI=1S/C21H26N2O2/c24-21(18-11-14-25-15-18)23-12-9-19(10-13-23)22-20(17-7-4-8-17)16-5-2-1-3-6-16/h1-3,5-6,11,14-15,17,19-20,22H,4,7-10,12-13H2/t20-/m1/s1. The van der Waals surface area contributed by atoms with Gasteiger partial charge >= 0.3 is 0 Å². The summed E-state index contributed by atoms with van der Waals surface area (Å²) in [7, 11) is 0. The van der Waals surface area contributed by atoms with E-state index in [-0.39, 0.29) is 5.91 Å². The summed E-state index contributed by atoms with van der Waals surface area (Å²) in [5.41, 5.74) is 2.06. The largest absolute Gasteiger partial charge is 0.472 e. The summed E-state index contributed by atoms with van der Waals surface area (Å²) >= 11 is 0. The third-order valence-corrected chi connectivity index (χ3v) is 5.75. The van der Waals surface area contributed by atoms with Crippen LogP contribution in [0.15, 0.2) is 53.3 Å². The van der Waals surface area contributed by atoms with E-state index in [4.69, 9.17) is 4.42 Å². The molecule has 132 valence electrons. The number of furan rings is 1. The number of nitrogens with one attached hydrogen (secondary N) is 1. The fraction of sp³-hybridized carbons (Fsp3) is 0.476. The van der Waals surface area contributed by atoms with Gasteiger partial charge in [0.2, 0.25) is 0 Å². The van der Waals surface area contributed by atoms with Gasteiger partial charge in [-0.25, -0.2) is 0 Å². The van der Waals surface area contributed by atoms with Gasteiger partial charge in [-0.3, -0.25) is 4.79 Å². The highest BCUT2D eigenvalue weighted by molar-refractivity contribution is 5.93. The lowest BCUT2D eigenvalue weighted by molar-refractivity contribution is 0.0692. The van der Waals surface area contributed by atoms with Gasteiger partial charge in [0.25, 0.3) is 5.91 Å². The van der Waals surface area contributed by atoms with E-state index in [9.17, 15) is 4.79 Å². The highest BCUT2D eigenvalue weighted by Crippen LogP contribution is 2.38. The first kappa shape index (κ1) is 16.4. The Balaban J connectivity index is 1.36. The molecule has 4 nitrogen and oxygen atoms in total. The number of piperidine rings is 1. The number of rotatable bonds is 5. The molecular formula is C21H26N2O2. The molecule has 0 radical (unpaired) electrons. The van der Waals surface area contributed by atoms with Gasteiger partial charge in [0, 0.05) is 25.2 Å². The predicted octanol–water partition coefficient (Wildman–Crippen LogP) is 4.02. The van der Waals surface area contributed by atoms with E-state index >= 15 is 0 Å². The van der Waals surface area contributed by atoms with Crippen molar-refractivity contribution in [3.63, 3.8) is 0 Å². The van der Waals surface area contributed by atoms with Crippen LogP contribution in [0.25, 0.3) is 0 Å². The van der Waals surface area contributed by atoms with Crippen LogP contribution in [0.3, 0.4) is 0 Å². The molecule has 0 spiro atoms. The molecule has 1 aromatic carbocycles. The molecule has 1 saturated heterocycles. The highest BCUT2D eigenvalue weighted by Gasteiger charge is 2.32. The van der Waals surface area contributed by atoms with Crippen LogP contribution in [0.4, 0.5) is 0 Å². The average Bonchev–Trinajstić information content (AvgIpc) is 3.15. The topological polar surface area (TPSA) is 45.5 Å². The number of carbonyl (C=O) groups excluding carboxylic acids is 1. The van der Waals surface area contributed by atoms with E-state index in [1.165, 1.54) is 31.1 Å². The molecule has 1 aliphatic heterocycles. The summed E-state index contributed by atoms with van der Waals surface area (Å²) in [5.74, 6) is 0.846. The third kappa shape index (κ3) is 3.64. The van der Waals surface area contributed by atoms with Gasteiger partial charge in [0.15, 0.2) is 0 Å². The first-order valence-corrected chi connectivity index (χ1v) is 9.44. The molecule has 2 aliphatic rings. The van der Waals surface area contributed by atoms with Crippen molar-refractivity contribution in [2.75, 3.05) is 13.1 Å².